The smallest absolute Gasteiger partial charge is 0.261 e. The molecule has 29 heavy (non-hydrogen) atoms. The molecule has 0 radical (unpaired) electrons. The van der Waals surface area contributed by atoms with E-state index in [1.807, 2.05) is 45.0 Å². The number of rotatable bonds is 7. The minimum absolute atomic E-state index is 0.00488. The number of anilines is 1. The van der Waals surface area contributed by atoms with Crippen LogP contribution in [0.3, 0.4) is 0 Å². The quantitative estimate of drug-likeness (QED) is 0.403. The van der Waals surface area contributed by atoms with Gasteiger partial charge >= 0.3 is 0 Å². The van der Waals surface area contributed by atoms with E-state index < -0.39 is 0 Å². The van der Waals surface area contributed by atoms with Crippen LogP contribution in [0.1, 0.15) is 54.3 Å². The average molecular weight is 411 g/mol. The lowest BCUT2D eigenvalue weighted by atomic mass is 9.92. The number of thioether (sulfide) groups is 1. The molecular weight excluding hydrogens is 384 g/mol. The van der Waals surface area contributed by atoms with Crippen LogP contribution >= 0.6 is 11.8 Å². The van der Waals surface area contributed by atoms with Crippen molar-refractivity contribution in [2.45, 2.75) is 38.5 Å². The van der Waals surface area contributed by atoms with E-state index in [0.717, 1.165) is 16.3 Å². The number of amides is 3. The molecule has 5 nitrogen and oxygen atoms in total. The third-order valence-electron chi connectivity index (χ3n) is 4.48. The second-order valence-corrected chi connectivity index (χ2v) is 9.49. The van der Waals surface area contributed by atoms with Gasteiger partial charge < -0.3 is 5.32 Å². The molecule has 1 N–H and O–H groups in total. The van der Waals surface area contributed by atoms with Gasteiger partial charge in [0, 0.05) is 23.5 Å². The molecule has 3 amide bonds. The van der Waals surface area contributed by atoms with Crippen molar-refractivity contribution >= 4 is 35.2 Å². The number of hydrogen-bond donors (Lipinski definition) is 1. The van der Waals surface area contributed by atoms with Crippen molar-refractivity contribution in [3.63, 3.8) is 0 Å². The Labute approximate surface area is 175 Å². The summed E-state index contributed by atoms with van der Waals surface area (Å²) in [6.45, 7) is 6.51. The Balaban J connectivity index is 1.49. The van der Waals surface area contributed by atoms with Gasteiger partial charge in [0.15, 0.2) is 0 Å². The topological polar surface area (TPSA) is 66.5 Å². The molecule has 0 fully saturated rings. The summed E-state index contributed by atoms with van der Waals surface area (Å²) in [5.41, 5.74) is 1.71. The molecule has 6 heteroatoms. The van der Waals surface area contributed by atoms with Crippen molar-refractivity contribution in [2.75, 3.05) is 17.6 Å². The molecule has 2 aromatic carbocycles. The van der Waals surface area contributed by atoms with Gasteiger partial charge in [0.25, 0.3) is 11.8 Å². The molecule has 1 aliphatic heterocycles. The van der Waals surface area contributed by atoms with E-state index in [9.17, 15) is 14.4 Å². The molecule has 0 unspecified atom stereocenters. The van der Waals surface area contributed by atoms with Crippen LogP contribution in [-0.4, -0.2) is 34.9 Å². The Morgan fingerprint density at radius 1 is 1.00 bits per heavy atom. The number of fused-ring (bicyclic) bond motifs is 1. The fourth-order valence-corrected chi connectivity index (χ4v) is 4.10. The summed E-state index contributed by atoms with van der Waals surface area (Å²) >= 11 is 1.64. The third kappa shape index (κ3) is 5.48. The molecule has 0 spiro atoms. The van der Waals surface area contributed by atoms with E-state index in [-0.39, 0.29) is 23.1 Å². The molecule has 0 aromatic heterocycles. The maximum atomic E-state index is 12.4. The predicted molar refractivity (Wildman–Crippen MR) is 116 cm³/mol. The van der Waals surface area contributed by atoms with Crippen LogP contribution in [0.15, 0.2) is 53.4 Å². The van der Waals surface area contributed by atoms with Crippen LogP contribution in [0.2, 0.25) is 0 Å². The highest BCUT2D eigenvalue weighted by Crippen LogP contribution is 2.26. The molecule has 1 aliphatic rings. The average Bonchev–Trinajstić information content (AvgIpc) is 2.89. The van der Waals surface area contributed by atoms with E-state index in [1.54, 1.807) is 36.0 Å². The van der Waals surface area contributed by atoms with E-state index in [2.05, 4.69) is 5.32 Å². The van der Waals surface area contributed by atoms with Crippen LogP contribution in [0.25, 0.3) is 0 Å². The number of hydrogen-bond acceptors (Lipinski definition) is 4. The molecule has 0 bridgehead atoms. The number of nitrogens with one attached hydrogen (secondary N) is 1. The van der Waals surface area contributed by atoms with Gasteiger partial charge in [0.2, 0.25) is 5.91 Å². The summed E-state index contributed by atoms with van der Waals surface area (Å²) < 4.78 is 0. The van der Waals surface area contributed by atoms with Gasteiger partial charge in [-0.05, 0) is 47.9 Å². The number of imide groups is 1. The maximum Gasteiger partial charge on any atom is 0.261 e. The van der Waals surface area contributed by atoms with Crippen LogP contribution in [0, 0.1) is 5.41 Å². The first-order chi connectivity index (χ1) is 13.7. The van der Waals surface area contributed by atoms with Crippen LogP contribution in [0.5, 0.6) is 0 Å². The van der Waals surface area contributed by atoms with Crippen molar-refractivity contribution in [1.82, 2.24) is 4.90 Å². The Kier molecular flexibility index (Phi) is 6.42. The van der Waals surface area contributed by atoms with E-state index >= 15 is 0 Å². The van der Waals surface area contributed by atoms with Gasteiger partial charge in [-0.1, -0.05) is 39.0 Å². The summed E-state index contributed by atoms with van der Waals surface area (Å²) in [6.07, 6.45) is 1.17. The Bertz CT molecular complexity index is 899. The number of carbonyl (C=O) groups is 3. The summed E-state index contributed by atoms with van der Waals surface area (Å²) in [6, 6.07) is 14.7. The monoisotopic (exact) mass is 410 g/mol. The second kappa shape index (κ2) is 8.82. The molecule has 0 saturated carbocycles. The maximum absolute atomic E-state index is 12.4. The second-order valence-electron chi connectivity index (χ2n) is 8.32. The van der Waals surface area contributed by atoms with Gasteiger partial charge in [-0.3, -0.25) is 19.3 Å². The lowest BCUT2D eigenvalue weighted by molar-refractivity contribution is -0.117. The summed E-state index contributed by atoms with van der Waals surface area (Å²) in [5.74, 6) is 0.357. The lowest BCUT2D eigenvalue weighted by Gasteiger charge is -2.17. The van der Waals surface area contributed by atoms with Crippen molar-refractivity contribution in [2.24, 2.45) is 5.41 Å². The zero-order valence-electron chi connectivity index (χ0n) is 17.0. The Hall–Kier alpha value is -2.60. The largest absolute Gasteiger partial charge is 0.326 e. The highest BCUT2D eigenvalue weighted by molar-refractivity contribution is 7.99. The number of carbonyl (C=O) groups excluding carboxylic acids is 3. The summed E-state index contributed by atoms with van der Waals surface area (Å²) in [7, 11) is 0. The van der Waals surface area contributed by atoms with Crippen LogP contribution < -0.4 is 5.32 Å². The Morgan fingerprint density at radius 2 is 1.66 bits per heavy atom. The van der Waals surface area contributed by atoms with Crippen LogP contribution in [0.4, 0.5) is 5.69 Å². The van der Waals surface area contributed by atoms with E-state index in [4.69, 9.17) is 0 Å². The lowest BCUT2D eigenvalue weighted by Crippen LogP contribution is -2.30. The molecule has 3 rings (SSSR count). The fraction of sp³-hybridized carbons (Fsp3) is 0.348. The SMILES string of the molecule is CC(C)(C)CC(=O)Nc1cccc(SCCCN2C(=O)c3ccccc3C2=O)c1. The summed E-state index contributed by atoms with van der Waals surface area (Å²) in [4.78, 5) is 39.2. The fourth-order valence-electron chi connectivity index (χ4n) is 3.21. The molecular formula is C23H26N2O3S. The molecule has 0 atom stereocenters. The minimum atomic E-state index is -0.209. The molecule has 1 heterocycles. The van der Waals surface area contributed by atoms with Gasteiger partial charge in [-0.2, -0.15) is 0 Å². The molecule has 0 saturated heterocycles. The van der Waals surface area contributed by atoms with Gasteiger partial charge in [-0.25, -0.2) is 0 Å². The van der Waals surface area contributed by atoms with Gasteiger partial charge in [-0.15, -0.1) is 11.8 Å². The van der Waals surface area contributed by atoms with Crippen molar-refractivity contribution < 1.29 is 14.4 Å². The molecule has 0 aliphatic carbocycles. The molecule has 2 aromatic rings. The van der Waals surface area contributed by atoms with Crippen molar-refractivity contribution in [3.05, 3.63) is 59.7 Å². The van der Waals surface area contributed by atoms with E-state index in [0.29, 0.717) is 30.5 Å². The Morgan fingerprint density at radius 3 is 2.28 bits per heavy atom. The minimum Gasteiger partial charge on any atom is -0.326 e. The zero-order chi connectivity index (χ0) is 21.0. The first kappa shape index (κ1) is 21.1. The summed E-state index contributed by atoms with van der Waals surface area (Å²) in [5, 5.41) is 2.95. The number of benzene rings is 2. The van der Waals surface area contributed by atoms with Crippen molar-refractivity contribution in [3.8, 4) is 0 Å². The van der Waals surface area contributed by atoms with Crippen LogP contribution in [-0.2, 0) is 4.79 Å². The van der Waals surface area contributed by atoms with E-state index in [1.165, 1.54) is 4.90 Å². The zero-order valence-corrected chi connectivity index (χ0v) is 17.8. The first-order valence-corrected chi connectivity index (χ1v) is 10.7. The highest BCUT2D eigenvalue weighted by Gasteiger charge is 2.34. The van der Waals surface area contributed by atoms with Gasteiger partial charge in [0.05, 0.1) is 11.1 Å². The third-order valence-corrected chi connectivity index (χ3v) is 5.56. The highest BCUT2D eigenvalue weighted by atomic mass is 32.2. The molecule has 152 valence electrons. The number of nitrogens with zero attached hydrogens (tertiary/aromatic N) is 1. The van der Waals surface area contributed by atoms with Crippen molar-refractivity contribution in [1.29, 1.82) is 0 Å². The first-order valence-electron chi connectivity index (χ1n) is 9.72. The van der Waals surface area contributed by atoms with Gasteiger partial charge in [0.1, 0.15) is 0 Å². The predicted octanol–water partition coefficient (Wildman–Crippen LogP) is 4.84. The standard InChI is InChI=1S/C23H26N2O3S/c1-23(2,3)15-20(26)24-16-8-6-9-17(14-16)29-13-7-12-25-21(27)18-10-4-5-11-19(18)22(25)28/h4-6,8-11,14H,7,12-13,15H2,1-3H3,(H,24,26). The normalized spacial score (nSPS) is 13.6.